The van der Waals surface area contributed by atoms with E-state index in [4.69, 9.17) is 4.74 Å². The molecule has 4 rings (SSSR count). The summed E-state index contributed by atoms with van der Waals surface area (Å²) in [6.07, 6.45) is 6.81. The second-order valence-corrected chi connectivity index (χ2v) is 5.63. The second kappa shape index (κ2) is 5.80. The molecule has 122 valence electrons. The van der Waals surface area contributed by atoms with Crippen molar-refractivity contribution in [3.8, 4) is 5.75 Å². The summed E-state index contributed by atoms with van der Waals surface area (Å²) in [6, 6.07) is 5.50. The number of aromatic nitrogens is 4. The first-order chi connectivity index (χ1) is 11.7. The number of fused-ring (bicyclic) bond motifs is 1. The first kappa shape index (κ1) is 14.4. The third-order valence-corrected chi connectivity index (χ3v) is 3.85. The molecule has 0 aliphatic heterocycles. The van der Waals surface area contributed by atoms with Gasteiger partial charge in [-0.1, -0.05) is 0 Å². The molecule has 8 nitrogen and oxygen atoms in total. The Morgan fingerprint density at radius 2 is 2.12 bits per heavy atom. The number of carbonyl (C=O) groups excluding carboxylic acids is 1. The molecule has 0 saturated heterocycles. The third-order valence-electron chi connectivity index (χ3n) is 3.85. The van der Waals surface area contributed by atoms with Crippen molar-refractivity contribution in [1.82, 2.24) is 19.6 Å². The average Bonchev–Trinajstić information content (AvgIpc) is 3.34. The number of ether oxygens (including phenoxy) is 1. The molecule has 0 unspecified atom stereocenters. The van der Waals surface area contributed by atoms with Crippen molar-refractivity contribution < 1.29 is 9.53 Å². The van der Waals surface area contributed by atoms with E-state index in [0.717, 1.165) is 24.0 Å². The lowest BCUT2D eigenvalue weighted by Gasteiger charge is -2.12. The predicted octanol–water partition coefficient (Wildman–Crippen LogP) is 2.22. The van der Waals surface area contributed by atoms with Gasteiger partial charge in [0.25, 0.3) is 0 Å². The Hall–Kier alpha value is -3.16. The summed E-state index contributed by atoms with van der Waals surface area (Å²) in [5.41, 5.74) is 1.68. The van der Waals surface area contributed by atoms with E-state index in [1.807, 2.05) is 12.1 Å². The summed E-state index contributed by atoms with van der Waals surface area (Å²) in [4.78, 5) is 20.1. The van der Waals surface area contributed by atoms with Gasteiger partial charge < -0.3 is 15.4 Å². The Labute approximate surface area is 137 Å². The zero-order chi connectivity index (χ0) is 16.5. The summed E-state index contributed by atoms with van der Waals surface area (Å²) in [7, 11) is 1.59. The van der Waals surface area contributed by atoms with E-state index in [1.54, 1.807) is 30.1 Å². The normalized spacial score (nSPS) is 13.7. The number of carbonyl (C=O) groups is 1. The standard InChI is InChI=1S/C16H16N6O2/c1-24-13-8-22-11(4-5-19-22)6-12(13)20-14-7-15(18-9-17-14)21-16(23)10-2-3-10/h4-10H,2-3H2,1H3,(H2,17,18,20,21,23). The minimum Gasteiger partial charge on any atom is -0.493 e. The van der Waals surface area contributed by atoms with Crippen LogP contribution in [0.1, 0.15) is 12.8 Å². The van der Waals surface area contributed by atoms with E-state index >= 15 is 0 Å². The van der Waals surface area contributed by atoms with Gasteiger partial charge in [0.2, 0.25) is 5.91 Å². The Morgan fingerprint density at radius 3 is 2.92 bits per heavy atom. The van der Waals surface area contributed by atoms with E-state index in [9.17, 15) is 4.79 Å². The minimum atomic E-state index is 0.0120. The molecule has 3 heterocycles. The summed E-state index contributed by atoms with van der Waals surface area (Å²) >= 11 is 0. The lowest BCUT2D eigenvalue weighted by Crippen LogP contribution is -2.14. The molecule has 3 aromatic rings. The van der Waals surface area contributed by atoms with Crippen LogP contribution in [0.4, 0.5) is 17.3 Å². The van der Waals surface area contributed by atoms with Crippen LogP contribution in [0, 0.1) is 5.92 Å². The molecule has 0 atom stereocenters. The minimum absolute atomic E-state index is 0.0120. The monoisotopic (exact) mass is 324 g/mol. The zero-order valence-corrected chi connectivity index (χ0v) is 13.1. The molecule has 0 radical (unpaired) electrons. The maximum absolute atomic E-state index is 11.8. The quantitative estimate of drug-likeness (QED) is 0.747. The van der Waals surface area contributed by atoms with E-state index in [2.05, 4.69) is 25.7 Å². The molecule has 0 bridgehead atoms. The number of amides is 1. The average molecular weight is 324 g/mol. The SMILES string of the molecule is COc1cn2nccc2cc1Nc1cc(NC(=O)C2CC2)ncn1. The van der Waals surface area contributed by atoms with Crippen LogP contribution >= 0.6 is 0 Å². The number of nitrogens with one attached hydrogen (secondary N) is 2. The highest BCUT2D eigenvalue weighted by Crippen LogP contribution is 2.31. The Balaban J connectivity index is 1.59. The number of anilines is 3. The van der Waals surface area contributed by atoms with Gasteiger partial charge in [-0.2, -0.15) is 5.10 Å². The van der Waals surface area contributed by atoms with Gasteiger partial charge in [-0.25, -0.2) is 14.5 Å². The van der Waals surface area contributed by atoms with Crippen LogP contribution in [0.25, 0.3) is 5.52 Å². The Morgan fingerprint density at radius 1 is 1.29 bits per heavy atom. The molecule has 1 aliphatic carbocycles. The van der Waals surface area contributed by atoms with Crippen LogP contribution in [0.15, 0.2) is 36.9 Å². The Bertz CT molecular complexity index is 902. The zero-order valence-electron chi connectivity index (χ0n) is 13.1. The predicted molar refractivity (Wildman–Crippen MR) is 88.4 cm³/mol. The first-order valence-electron chi connectivity index (χ1n) is 7.64. The second-order valence-electron chi connectivity index (χ2n) is 5.63. The molecular formula is C16H16N6O2. The van der Waals surface area contributed by atoms with Crippen LogP contribution < -0.4 is 15.4 Å². The summed E-state index contributed by atoms with van der Waals surface area (Å²) < 4.78 is 7.12. The van der Waals surface area contributed by atoms with Gasteiger partial charge in [0.05, 0.1) is 24.5 Å². The number of rotatable bonds is 5. The number of hydrogen-bond donors (Lipinski definition) is 2. The lowest BCUT2D eigenvalue weighted by atomic mass is 10.3. The van der Waals surface area contributed by atoms with Crippen molar-refractivity contribution in [2.75, 3.05) is 17.7 Å². The van der Waals surface area contributed by atoms with Crippen molar-refractivity contribution in [1.29, 1.82) is 0 Å². The highest BCUT2D eigenvalue weighted by molar-refractivity contribution is 5.93. The highest BCUT2D eigenvalue weighted by atomic mass is 16.5. The van der Waals surface area contributed by atoms with Crippen molar-refractivity contribution in [2.45, 2.75) is 12.8 Å². The lowest BCUT2D eigenvalue weighted by molar-refractivity contribution is -0.117. The van der Waals surface area contributed by atoms with Gasteiger partial charge >= 0.3 is 0 Å². The maximum Gasteiger partial charge on any atom is 0.228 e. The van der Waals surface area contributed by atoms with Crippen molar-refractivity contribution >= 4 is 28.7 Å². The molecule has 24 heavy (non-hydrogen) atoms. The highest BCUT2D eigenvalue weighted by Gasteiger charge is 2.29. The summed E-state index contributed by atoms with van der Waals surface area (Å²) in [5.74, 6) is 1.82. The van der Waals surface area contributed by atoms with Gasteiger partial charge in [-0.3, -0.25) is 4.79 Å². The fraction of sp³-hybridized carbons (Fsp3) is 0.250. The van der Waals surface area contributed by atoms with E-state index in [-0.39, 0.29) is 11.8 Å². The van der Waals surface area contributed by atoms with Crippen LogP contribution in [-0.2, 0) is 4.79 Å². The van der Waals surface area contributed by atoms with Gasteiger partial charge in [0.15, 0.2) is 5.75 Å². The van der Waals surface area contributed by atoms with E-state index in [0.29, 0.717) is 17.4 Å². The van der Waals surface area contributed by atoms with Crippen molar-refractivity contribution in [2.24, 2.45) is 5.92 Å². The third kappa shape index (κ3) is 2.85. The van der Waals surface area contributed by atoms with Crippen LogP contribution in [0.5, 0.6) is 5.75 Å². The molecule has 8 heteroatoms. The number of methoxy groups -OCH3 is 1. The fourth-order valence-electron chi connectivity index (χ4n) is 2.41. The topological polar surface area (TPSA) is 93.4 Å². The Kier molecular flexibility index (Phi) is 3.49. The molecule has 0 aromatic carbocycles. The van der Waals surface area contributed by atoms with Gasteiger partial charge in [-0.15, -0.1) is 0 Å². The smallest absolute Gasteiger partial charge is 0.228 e. The molecule has 1 fully saturated rings. The molecule has 2 N–H and O–H groups in total. The maximum atomic E-state index is 11.8. The molecule has 1 saturated carbocycles. The number of pyridine rings is 1. The van der Waals surface area contributed by atoms with E-state index < -0.39 is 0 Å². The van der Waals surface area contributed by atoms with E-state index in [1.165, 1.54) is 6.33 Å². The fourth-order valence-corrected chi connectivity index (χ4v) is 2.41. The summed E-state index contributed by atoms with van der Waals surface area (Å²) in [6.45, 7) is 0. The number of nitrogens with zero attached hydrogens (tertiary/aromatic N) is 4. The van der Waals surface area contributed by atoms with Crippen LogP contribution in [-0.4, -0.2) is 32.6 Å². The van der Waals surface area contributed by atoms with Crippen LogP contribution in [0.2, 0.25) is 0 Å². The van der Waals surface area contributed by atoms with Gasteiger partial charge in [0.1, 0.15) is 18.0 Å². The number of hydrogen-bond acceptors (Lipinski definition) is 6. The molecule has 1 amide bonds. The first-order valence-corrected chi connectivity index (χ1v) is 7.64. The van der Waals surface area contributed by atoms with Crippen molar-refractivity contribution in [3.05, 3.63) is 36.9 Å². The molecular weight excluding hydrogens is 308 g/mol. The largest absolute Gasteiger partial charge is 0.493 e. The molecule has 3 aromatic heterocycles. The van der Waals surface area contributed by atoms with Gasteiger partial charge in [-0.05, 0) is 25.0 Å². The summed E-state index contributed by atoms with van der Waals surface area (Å²) in [5, 5.41) is 10.2. The van der Waals surface area contributed by atoms with Crippen LogP contribution in [0.3, 0.4) is 0 Å². The molecule has 1 aliphatic rings. The van der Waals surface area contributed by atoms with Crippen molar-refractivity contribution in [3.63, 3.8) is 0 Å². The van der Waals surface area contributed by atoms with Gasteiger partial charge in [0, 0.05) is 18.2 Å². The molecule has 0 spiro atoms.